The van der Waals surface area contributed by atoms with Crippen molar-refractivity contribution in [2.45, 2.75) is 0 Å². The summed E-state index contributed by atoms with van der Waals surface area (Å²) in [5.74, 6) is 0.649. The Balaban J connectivity index is 1.70. The monoisotopic (exact) mass is 215 g/mol. The Kier molecular flexibility index (Phi) is 3.65. The van der Waals surface area contributed by atoms with Gasteiger partial charge in [0, 0.05) is 37.9 Å². The second-order valence-electron chi connectivity index (χ2n) is 3.17. The van der Waals surface area contributed by atoms with Gasteiger partial charge in [0.25, 0.3) is 0 Å². The third kappa shape index (κ3) is 3.20. The van der Waals surface area contributed by atoms with E-state index in [1.807, 2.05) is 12.1 Å². The third-order valence-corrected chi connectivity index (χ3v) is 1.96. The zero-order valence-electron chi connectivity index (χ0n) is 8.80. The number of nitrogens with zero attached hydrogens (tertiary/aromatic N) is 3. The molecular weight excluding hydrogens is 202 g/mol. The maximum absolute atomic E-state index is 4.06. The average Bonchev–Trinajstić information content (AvgIpc) is 2.37. The molecule has 2 aromatic rings. The smallest absolute Gasteiger partial charge is 0.222 e. The fourth-order valence-electron chi connectivity index (χ4n) is 1.24. The van der Waals surface area contributed by atoms with E-state index >= 15 is 0 Å². The molecule has 0 atom stereocenters. The zero-order valence-corrected chi connectivity index (χ0v) is 8.80. The molecule has 82 valence electrons. The van der Waals surface area contributed by atoms with Gasteiger partial charge in [0.15, 0.2) is 0 Å². The Hall–Kier alpha value is -2.17. The van der Waals surface area contributed by atoms with Gasteiger partial charge in [-0.1, -0.05) is 0 Å². The molecule has 2 heterocycles. The lowest BCUT2D eigenvalue weighted by atomic mass is 10.4. The van der Waals surface area contributed by atoms with Crippen LogP contribution in [0.4, 0.5) is 11.6 Å². The fourth-order valence-corrected chi connectivity index (χ4v) is 1.24. The van der Waals surface area contributed by atoms with Crippen molar-refractivity contribution in [3.8, 4) is 0 Å². The molecule has 0 unspecified atom stereocenters. The summed E-state index contributed by atoms with van der Waals surface area (Å²) in [5, 5.41) is 6.34. The van der Waals surface area contributed by atoms with Gasteiger partial charge in [0.05, 0.1) is 5.69 Å². The van der Waals surface area contributed by atoms with Crippen molar-refractivity contribution in [2.75, 3.05) is 23.7 Å². The molecular formula is C11H13N5. The minimum absolute atomic E-state index is 0.649. The van der Waals surface area contributed by atoms with Gasteiger partial charge in [-0.05, 0) is 18.2 Å². The number of rotatable bonds is 5. The number of pyridine rings is 1. The van der Waals surface area contributed by atoms with E-state index in [2.05, 4.69) is 25.6 Å². The molecule has 2 rings (SSSR count). The van der Waals surface area contributed by atoms with Gasteiger partial charge < -0.3 is 10.6 Å². The molecule has 5 nitrogen and oxygen atoms in total. The van der Waals surface area contributed by atoms with E-state index in [4.69, 9.17) is 0 Å². The zero-order chi connectivity index (χ0) is 11.1. The quantitative estimate of drug-likeness (QED) is 0.738. The van der Waals surface area contributed by atoms with Crippen LogP contribution in [0.1, 0.15) is 0 Å². The Morgan fingerprint density at radius 3 is 2.50 bits per heavy atom. The summed E-state index contributed by atoms with van der Waals surface area (Å²) in [6.07, 6.45) is 6.97. The second kappa shape index (κ2) is 5.65. The highest BCUT2D eigenvalue weighted by Crippen LogP contribution is 2.01. The van der Waals surface area contributed by atoms with E-state index in [0.717, 1.165) is 18.8 Å². The van der Waals surface area contributed by atoms with Gasteiger partial charge in [-0.2, -0.15) is 0 Å². The molecule has 0 spiro atoms. The SMILES string of the molecule is c1cnc(NCCNc2cccnc2)nc1. The molecule has 0 amide bonds. The predicted molar refractivity (Wildman–Crippen MR) is 63.2 cm³/mol. The molecule has 2 N–H and O–H groups in total. The Morgan fingerprint density at radius 2 is 1.75 bits per heavy atom. The largest absolute Gasteiger partial charge is 0.382 e. The van der Waals surface area contributed by atoms with Gasteiger partial charge in [0.1, 0.15) is 0 Å². The molecule has 5 heteroatoms. The van der Waals surface area contributed by atoms with Crippen molar-refractivity contribution < 1.29 is 0 Å². The summed E-state index contributed by atoms with van der Waals surface area (Å²) < 4.78 is 0. The minimum Gasteiger partial charge on any atom is -0.382 e. The van der Waals surface area contributed by atoms with Crippen LogP contribution in [0.3, 0.4) is 0 Å². The summed E-state index contributed by atoms with van der Waals surface area (Å²) in [6.45, 7) is 1.56. The molecule has 0 aromatic carbocycles. The predicted octanol–water partition coefficient (Wildman–Crippen LogP) is 1.40. The van der Waals surface area contributed by atoms with Crippen LogP contribution in [0.2, 0.25) is 0 Å². The number of hydrogen-bond donors (Lipinski definition) is 2. The standard InChI is InChI=1S/C11H13N5/c1-3-10(9-12-4-1)13-7-8-16-11-14-5-2-6-15-11/h1-6,9,13H,7-8H2,(H,14,15,16). The van der Waals surface area contributed by atoms with Gasteiger partial charge in [-0.15, -0.1) is 0 Å². The maximum Gasteiger partial charge on any atom is 0.222 e. The number of aromatic nitrogens is 3. The van der Waals surface area contributed by atoms with Gasteiger partial charge in [0.2, 0.25) is 5.95 Å². The molecule has 0 aliphatic rings. The fraction of sp³-hybridized carbons (Fsp3) is 0.182. The van der Waals surface area contributed by atoms with Crippen LogP contribution in [-0.2, 0) is 0 Å². The highest BCUT2D eigenvalue weighted by Gasteiger charge is 1.92. The summed E-state index contributed by atoms with van der Waals surface area (Å²) in [7, 11) is 0. The van der Waals surface area contributed by atoms with Gasteiger partial charge >= 0.3 is 0 Å². The van der Waals surface area contributed by atoms with E-state index < -0.39 is 0 Å². The van der Waals surface area contributed by atoms with E-state index in [9.17, 15) is 0 Å². The molecule has 0 bridgehead atoms. The minimum atomic E-state index is 0.649. The molecule has 0 fully saturated rings. The Morgan fingerprint density at radius 1 is 0.938 bits per heavy atom. The van der Waals surface area contributed by atoms with Crippen LogP contribution in [0.15, 0.2) is 43.0 Å². The van der Waals surface area contributed by atoms with Crippen molar-refractivity contribution in [1.82, 2.24) is 15.0 Å². The van der Waals surface area contributed by atoms with Crippen molar-refractivity contribution >= 4 is 11.6 Å². The lowest BCUT2D eigenvalue weighted by Crippen LogP contribution is -2.14. The summed E-state index contributed by atoms with van der Waals surface area (Å²) in [6, 6.07) is 5.67. The lowest BCUT2D eigenvalue weighted by Gasteiger charge is -2.06. The average molecular weight is 215 g/mol. The van der Waals surface area contributed by atoms with Gasteiger partial charge in [-0.3, -0.25) is 4.98 Å². The van der Waals surface area contributed by atoms with Crippen LogP contribution < -0.4 is 10.6 Å². The third-order valence-electron chi connectivity index (χ3n) is 1.96. The lowest BCUT2D eigenvalue weighted by molar-refractivity contribution is 1.02. The Bertz CT molecular complexity index is 362. The van der Waals surface area contributed by atoms with Crippen LogP contribution in [0.25, 0.3) is 0 Å². The van der Waals surface area contributed by atoms with E-state index in [0.29, 0.717) is 5.95 Å². The number of hydrogen-bond acceptors (Lipinski definition) is 5. The highest BCUT2D eigenvalue weighted by atomic mass is 15.1. The number of nitrogens with one attached hydrogen (secondary N) is 2. The van der Waals surface area contributed by atoms with Crippen molar-refractivity contribution in [2.24, 2.45) is 0 Å². The van der Waals surface area contributed by atoms with Crippen LogP contribution >= 0.6 is 0 Å². The van der Waals surface area contributed by atoms with Crippen LogP contribution in [-0.4, -0.2) is 28.0 Å². The first-order chi connectivity index (χ1) is 7.95. The van der Waals surface area contributed by atoms with Crippen molar-refractivity contribution in [3.63, 3.8) is 0 Å². The molecule has 2 aromatic heterocycles. The molecule has 0 saturated carbocycles. The maximum atomic E-state index is 4.06. The molecule has 0 saturated heterocycles. The van der Waals surface area contributed by atoms with E-state index in [1.165, 1.54) is 0 Å². The molecule has 0 aliphatic heterocycles. The normalized spacial score (nSPS) is 9.75. The van der Waals surface area contributed by atoms with Crippen LogP contribution in [0.5, 0.6) is 0 Å². The molecule has 0 aliphatic carbocycles. The number of anilines is 2. The topological polar surface area (TPSA) is 62.7 Å². The van der Waals surface area contributed by atoms with Crippen molar-refractivity contribution in [3.05, 3.63) is 43.0 Å². The first kappa shape index (κ1) is 10.4. The first-order valence-corrected chi connectivity index (χ1v) is 5.10. The Labute approximate surface area is 94.0 Å². The summed E-state index contributed by atoms with van der Waals surface area (Å²) in [5.41, 5.74) is 1.01. The summed E-state index contributed by atoms with van der Waals surface area (Å²) >= 11 is 0. The van der Waals surface area contributed by atoms with Crippen molar-refractivity contribution in [1.29, 1.82) is 0 Å². The molecule has 16 heavy (non-hydrogen) atoms. The first-order valence-electron chi connectivity index (χ1n) is 5.10. The van der Waals surface area contributed by atoms with Crippen LogP contribution in [0, 0.1) is 0 Å². The summed E-state index contributed by atoms with van der Waals surface area (Å²) in [4.78, 5) is 12.1. The second-order valence-corrected chi connectivity index (χ2v) is 3.17. The molecule has 0 radical (unpaired) electrons. The van der Waals surface area contributed by atoms with E-state index in [1.54, 1.807) is 30.9 Å². The van der Waals surface area contributed by atoms with Gasteiger partial charge in [-0.25, -0.2) is 9.97 Å². The van der Waals surface area contributed by atoms with E-state index in [-0.39, 0.29) is 0 Å². The highest BCUT2D eigenvalue weighted by molar-refractivity contribution is 5.39.